The van der Waals surface area contributed by atoms with E-state index in [9.17, 15) is 0 Å². The van der Waals surface area contributed by atoms with Crippen LogP contribution >= 0.6 is 0 Å². The van der Waals surface area contributed by atoms with Gasteiger partial charge in [0.25, 0.3) is 0 Å². The predicted molar refractivity (Wildman–Crippen MR) is 72.4 cm³/mol. The van der Waals surface area contributed by atoms with Crippen LogP contribution in [0.1, 0.15) is 18.4 Å². The minimum Gasteiger partial charge on any atom is -0.381 e. The number of hydrogen-bond acceptors (Lipinski definition) is 4. The van der Waals surface area contributed by atoms with Gasteiger partial charge in [-0.1, -0.05) is 0 Å². The maximum atomic E-state index is 8.97. The average Bonchev–Trinajstić information content (AvgIpc) is 3.03. The van der Waals surface area contributed by atoms with Crippen molar-refractivity contribution < 1.29 is 4.74 Å². The summed E-state index contributed by atoms with van der Waals surface area (Å²) in [5, 5.41) is 8.97. The number of nitrogens with two attached hydrogens (primary N) is 1. The van der Waals surface area contributed by atoms with Crippen LogP contribution in [0, 0.1) is 17.2 Å². The van der Waals surface area contributed by atoms with Crippen molar-refractivity contribution in [3.05, 3.63) is 23.8 Å². The van der Waals surface area contributed by atoms with Gasteiger partial charge in [0.1, 0.15) is 0 Å². The maximum Gasteiger partial charge on any atom is 0.201 e. The van der Waals surface area contributed by atoms with Gasteiger partial charge in [0.05, 0.1) is 22.7 Å². The van der Waals surface area contributed by atoms with E-state index in [1.807, 2.05) is 16.7 Å². The van der Waals surface area contributed by atoms with Gasteiger partial charge in [0, 0.05) is 19.8 Å². The first-order chi connectivity index (χ1) is 9.28. The zero-order chi connectivity index (χ0) is 13.2. The first-order valence-electron chi connectivity index (χ1n) is 6.51. The average molecular weight is 256 g/mol. The van der Waals surface area contributed by atoms with Crippen molar-refractivity contribution in [3.8, 4) is 6.07 Å². The molecule has 19 heavy (non-hydrogen) atoms. The van der Waals surface area contributed by atoms with Crippen molar-refractivity contribution in [2.45, 2.75) is 19.4 Å². The number of nitrogens with zero attached hydrogens (tertiary/aromatic N) is 3. The topological polar surface area (TPSA) is 76.9 Å². The van der Waals surface area contributed by atoms with Crippen molar-refractivity contribution in [2.24, 2.45) is 5.92 Å². The molecule has 2 heterocycles. The second kappa shape index (κ2) is 4.90. The molecule has 0 saturated carbocycles. The molecule has 0 amide bonds. The largest absolute Gasteiger partial charge is 0.381 e. The summed E-state index contributed by atoms with van der Waals surface area (Å²) in [5.74, 6) is 1.13. The number of rotatable bonds is 3. The number of aromatic nitrogens is 2. The summed E-state index contributed by atoms with van der Waals surface area (Å²) < 4.78 is 7.38. The van der Waals surface area contributed by atoms with Crippen molar-refractivity contribution in [3.63, 3.8) is 0 Å². The predicted octanol–water partition coefficient (Wildman–Crippen LogP) is 1.92. The molecule has 1 aliphatic heterocycles. The van der Waals surface area contributed by atoms with E-state index >= 15 is 0 Å². The van der Waals surface area contributed by atoms with E-state index < -0.39 is 0 Å². The van der Waals surface area contributed by atoms with Crippen LogP contribution in [0.2, 0.25) is 0 Å². The summed E-state index contributed by atoms with van der Waals surface area (Å²) in [6.07, 6.45) is 2.16. The molecular formula is C14H16N4O. The molecule has 0 bridgehead atoms. The fourth-order valence-corrected chi connectivity index (χ4v) is 2.57. The van der Waals surface area contributed by atoms with Gasteiger partial charge in [-0.2, -0.15) is 5.26 Å². The van der Waals surface area contributed by atoms with Gasteiger partial charge in [-0.25, -0.2) is 4.98 Å². The van der Waals surface area contributed by atoms with E-state index in [-0.39, 0.29) is 0 Å². The van der Waals surface area contributed by atoms with Gasteiger partial charge in [-0.15, -0.1) is 0 Å². The van der Waals surface area contributed by atoms with E-state index in [1.165, 1.54) is 0 Å². The normalized spacial score (nSPS) is 18.8. The summed E-state index contributed by atoms with van der Waals surface area (Å²) in [6.45, 7) is 2.53. The van der Waals surface area contributed by atoms with Gasteiger partial charge in [0.2, 0.25) is 5.95 Å². The highest BCUT2D eigenvalue weighted by Gasteiger charge is 2.17. The number of hydrogen-bond donors (Lipinski definition) is 1. The third-order valence-electron chi connectivity index (χ3n) is 3.69. The van der Waals surface area contributed by atoms with Gasteiger partial charge >= 0.3 is 0 Å². The van der Waals surface area contributed by atoms with Crippen molar-refractivity contribution in [1.29, 1.82) is 5.26 Å². The Morgan fingerprint density at radius 3 is 3.16 bits per heavy atom. The fraction of sp³-hybridized carbons (Fsp3) is 0.429. The minimum atomic E-state index is 0.518. The van der Waals surface area contributed by atoms with E-state index in [2.05, 4.69) is 11.1 Å². The molecule has 5 nitrogen and oxygen atoms in total. The lowest BCUT2D eigenvalue weighted by Gasteiger charge is -2.10. The van der Waals surface area contributed by atoms with Crippen molar-refractivity contribution in [2.75, 3.05) is 18.9 Å². The van der Waals surface area contributed by atoms with Crippen LogP contribution in [0.5, 0.6) is 0 Å². The molecule has 0 radical (unpaired) electrons. The first kappa shape index (κ1) is 12.0. The zero-order valence-corrected chi connectivity index (χ0v) is 10.7. The Morgan fingerprint density at radius 2 is 2.42 bits per heavy atom. The molecule has 1 aromatic heterocycles. The molecule has 0 spiro atoms. The quantitative estimate of drug-likeness (QED) is 0.910. The molecule has 0 aliphatic carbocycles. The fourth-order valence-electron chi connectivity index (χ4n) is 2.57. The third kappa shape index (κ3) is 2.27. The summed E-state index contributed by atoms with van der Waals surface area (Å²) in [4.78, 5) is 4.33. The first-order valence-corrected chi connectivity index (χ1v) is 6.51. The van der Waals surface area contributed by atoms with Crippen molar-refractivity contribution >= 4 is 17.0 Å². The number of benzene rings is 1. The number of anilines is 1. The molecular weight excluding hydrogens is 240 g/mol. The van der Waals surface area contributed by atoms with E-state index in [4.69, 9.17) is 15.7 Å². The van der Waals surface area contributed by atoms with Gasteiger partial charge in [-0.05, 0) is 37.0 Å². The number of imidazole rings is 1. The molecule has 2 aromatic rings. The monoisotopic (exact) mass is 256 g/mol. The van der Waals surface area contributed by atoms with Crippen LogP contribution in [0.4, 0.5) is 5.95 Å². The second-order valence-corrected chi connectivity index (χ2v) is 4.96. The molecule has 1 unspecified atom stereocenters. The van der Waals surface area contributed by atoms with Crippen molar-refractivity contribution in [1.82, 2.24) is 9.55 Å². The molecule has 5 heteroatoms. The lowest BCUT2D eigenvalue weighted by Crippen LogP contribution is -2.08. The van der Waals surface area contributed by atoms with Crippen LogP contribution in [-0.2, 0) is 11.3 Å². The molecule has 1 aromatic carbocycles. The maximum absolute atomic E-state index is 8.97. The highest BCUT2D eigenvalue weighted by molar-refractivity contribution is 5.79. The standard InChI is InChI=1S/C14H16N4O/c15-8-11-1-2-12-13(7-11)18(14(16)17-12)5-3-10-4-6-19-9-10/h1-2,7,10H,3-6,9H2,(H2,16,17). The van der Waals surface area contributed by atoms with Gasteiger partial charge in [-0.3, -0.25) is 0 Å². The van der Waals surface area contributed by atoms with E-state index in [0.717, 1.165) is 43.6 Å². The van der Waals surface area contributed by atoms with Crippen LogP contribution < -0.4 is 5.73 Å². The number of aryl methyl sites for hydroxylation is 1. The Kier molecular flexibility index (Phi) is 3.10. The third-order valence-corrected chi connectivity index (χ3v) is 3.69. The van der Waals surface area contributed by atoms with E-state index in [0.29, 0.717) is 17.4 Å². The molecule has 1 fully saturated rings. The lowest BCUT2D eigenvalue weighted by atomic mass is 10.1. The Bertz CT molecular complexity index is 635. The SMILES string of the molecule is N#Cc1ccc2nc(N)n(CCC3CCOC3)c2c1. The Balaban J connectivity index is 1.88. The van der Waals surface area contributed by atoms with E-state index in [1.54, 1.807) is 6.07 Å². The highest BCUT2D eigenvalue weighted by Crippen LogP contribution is 2.23. The number of fused-ring (bicyclic) bond motifs is 1. The summed E-state index contributed by atoms with van der Waals surface area (Å²) >= 11 is 0. The summed E-state index contributed by atoms with van der Waals surface area (Å²) in [6, 6.07) is 7.62. The van der Waals surface area contributed by atoms with Gasteiger partial charge in [0.15, 0.2) is 0 Å². The summed E-state index contributed by atoms with van der Waals surface area (Å²) in [5.41, 5.74) is 8.39. The smallest absolute Gasteiger partial charge is 0.201 e. The van der Waals surface area contributed by atoms with Crippen LogP contribution in [0.3, 0.4) is 0 Å². The van der Waals surface area contributed by atoms with Crippen LogP contribution in [0.15, 0.2) is 18.2 Å². The molecule has 1 atom stereocenters. The molecule has 1 saturated heterocycles. The summed E-state index contributed by atoms with van der Waals surface area (Å²) in [7, 11) is 0. The lowest BCUT2D eigenvalue weighted by molar-refractivity contribution is 0.183. The molecule has 3 rings (SSSR count). The molecule has 98 valence electrons. The highest BCUT2D eigenvalue weighted by atomic mass is 16.5. The number of nitriles is 1. The van der Waals surface area contributed by atoms with Crippen LogP contribution in [-0.4, -0.2) is 22.8 Å². The zero-order valence-electron chi connectivity index (χ0n) is 10.7. The van der Waals surface area contributed by atoms with Gasteiger partial charge < -0.3 is 15.0 Å². The second-order valence-electron chi connectivity index (χ2n) is 4.96. The molecule has 2 N–H and O–H groups in total. The van der Waals surface area contributed by atoms with Crippen LogP contribution in [0.25, 0.3) is 11.0 Å². The Hall–Kier alpha value is -2.06. The number of ether oxygens (including phenoxy) is 1. The molecule has 1 aliphatic rings. The minimum absolute atomic E-state index is 0.518. The number of nitrogen functional groups attached to an aromatic ring is 1. The Morgan fingerprint density at radius 1 is 1.53 bits per heavy atom. The Labute approximate surface area is 111 Å².